The highest BCUT2D eigenvalue weighted by Crippen LogP contribution is 2.18. The van der Waals surface area contributed by atoms with Gasteiger partial charge in [0.1, 0.15) is 24.5 Å². The van der Waals surface area contributed by atoms with Crippen LogP contribution >= 0.6 is 0 Å². The van der Waals surface area contributed by atoms with E-state index < -0.39 is 0 Å². The molecule has 1 fully saturated rings. The number of carbonyl (C=O) groups is 1. The van der Waals surface area contributed by atoms with E-state index in [4.69, 9.17) is 9.47 Å². The van der Waals surface area contributed by atoms with Crippen LogP contribution in [0.2, 0.25) is 0 Å². The van der Waals surface area contributed by atoms with Crippen molar-refractivity contribution in [2.24, 2.45) is 0 Å². The summed E-state index contributed by atoms with van der Waals surface area (Å²) in [7, 11) is 1.73. The van der Waals surface area contributed by atoms with Gasteiger partial charge >= 0.3 is 6.09 Å². The number of ether oxygens (including phenoxy) is 2. The Kier molecular flexibility index (Phi) is 2.99. The van der Waals surface area contributed by atoms with Gasteiger partial charge in [0, 0.05) is 7.05 Å². The van der Waals surface area contributed by atoms with Crippen LogP contribution in [0.1, 0.15) is 6.92 Å². The van der Waals surface area contributed by atoms with E-state index in [1.54, 1.807) is 11.9 Å². The van der Waals surface area contributed by atoms with Crippen molar-refractivity contribution in [3.8, 4) is 5.75 Å². The standard InChI is InChI=1S/C12H15NO3/c1-9-11(13(2)12(14)16-9)8-15-10-6-4-3-5-7-10/h3-7,9,11H,8H2,1-2H3. The van der Waals surface area contributed by atoms with E-state index in [1.165, 1.54) is 0 Å². The Morgan fingerprint density at radius 3 is 2.62 bits per heavy atom. The van der Waals surface area contributed by atoms with Gasteiger partial charge in [0.05, 0.1) is 0 Å². The van der Waals surface area contributed by atoms with Crippen LogP contribution in [0.5, 0.6) is 5.75 Å². The summed E-state index contributed by atoms with van der Waals surface area (Å²) in [6, 6.07) is 9.53. The maximum Gasteiger partial charge on any atom is 0.410 e. The summed E-state index contributed by atoms with van der Waals surface area (Å²) >= 11 is 0. The second-order valence-electron chi connectivity index (χ2n) is 3.89. The Balaban J connectivity index is 1.93. The lowest BCUT2D eigenvalue weighted by Crippen LogP contribution is -2.37. The lowest BCUT2D eigenvalue weighted by molar-refractivity contribution is 0.132. The number of nitrogens with zero attached hydrogens (tertiary/aromatic N) is 1. The van der Waals surface area contributed by atoms with Crippen molar-refractivity contribution in [3.05, 3.63) is 30.3 Å². The zero-order valence-electron chi connectivity index (χ0n) is 9.42. The van der Waals surface area contributed by atoms with Crippen molar-refractivity contribution in [1.29, 1.82) is 0 Å². The van der Waals surface area contributed by atoms with E-state index in [2.05, 4.69) is 0 Å². The van der Waals surface area contributed by atoms with E-state index in [1.807, 2.05) is 37.3 Å². The quantitative estimate of drug-likeness (QED) is 0.782. The lowest BCUT2D eigenvalue weighted by atomic mass is 10.2. The lowest BCUT2D eigenvalue weighted by Gasteiger charge is -2.19. The number of amides is 1. The van der Waals surface area contributed by atoms with Gasteiger partial charge in [-0.05, 0) is 19.1 Å². The molecule has 1 heterocycles. The molecular formula is C12H15NO3. The van der Waals surface area contributed by atoms with Gasteiger partial charge in [-0.2, -0.15) is 0 Å². The molecule has 1 aliphatic heterocycles. The van der Waals surface area contributed by atoms with E-state index in [-0.39, 0.29) is 18.2 Å². The molecule has 0 radical (unpaired) electrons. The third-order valence-corrected chi connectivity index (χ3v) is 2.78. The van der Waals surface area contributed by atoms with E-state index >= 15 is 0 Å². The van der Waals surface area contributed by atoms with Gasteiger partial charge < -0.3 is 14.4 Å². The monoisotopic (exact) mass is 221 g/mol. The van der Waals surface area contributed by atoms with Crippen LogP contribution in [-0.4, -0.2) is 36.8 Å². The molecule has 4 heteroatoms. The molecule has 0 bridgehead atoms. The number of rotatable bonds is 3. The smallest absolute Gasteiger partial charge is 0.410 e. The second kappa shape index (κ2) is 4.43. The average Bonchev–Trinajstić information content (AvgIpc) is 2.53. The Labute approximate surface area is 94.8 Å². The molecular weight excluding hydrogens is 206 g/mol. The molecule has 1 aliphatic rings. The predicted octanol–water partition coefficient (Wildman–Crippen LogP) is 1.90. The molecule has 0 aliphatic carbocycles. The zero-order valence-corrected chi connectivity index (χ0v) is 9.42. The largest absolute Gasteiger partial charge is 0.491 e. The van der Waals surface area contributed by atoms with Gasteiger partial charge in [0.25, 0.3) is 0 Å². The van der Waals surface area contributed by atoms with E-state index in [0.717, 1.165) is 5.75 Å². The highest BCUT2D eigenvalue weighted by atomic mass is 16.6. The van der Waals surface area contributed by atoms with Gasteiger partial charge in [0.15, 0.2) is 0 Å². The Morgan fingerprint density at radius 1 is 1.38 bits per heavy atom. The molecule has 1 saturated heterocycles. The topological polar surface area (TPSA) is 38.8 Å². The normalized spacial score (nSPS) is 24.4. The summed E-state index contributed by atoms with van der Waals surface area (Å²) < 4.78 is 10.7. The van der Waals surface area contributed by atoms with Crippen LogP contribution in [0.25, 0.3) is 0 Å². The summed E-state index contributed by atoms with van der Waals surface area (Å²) in [5.74, 6) is 0.808. The third kappa shape index (κ3) is 2.10. The van der Waals surface area contributed by atoms with Crippen molar-refractivity contribution in [3.63, 3.8) is 0 Å². The minimum absolute atomic E-state index is 0.0206. The first-order valence-corrected chi connectivity index (χ1v) is 5.30. The SMILES string of the molecule is CC1OC(=O)N(C)C1COc1ccccc1. The molecule has 2 rings (SSSR count). The minimum atomic E-state index is -0.283. The minimum Gasteiger partial charge on any atom is -0.491 e. The number of hydrogen-bond acceptors (Lipinski definition) is 3. The van der Waals surface area contributed by atoms with Gasteiger partial charge in [-0.15, -0.1) is 0 Å². The van der Waals surface area contributed by atoms with Gasteiger partial charge in [0.2, 0.25) is 0 Å². The first kappa shape index (κ1) is 10.8. The molecule has 0 saturated carbocycles. The summed E-state index contributed by atoms with van der Waals surface area (Å²) in [5, 5.41) is 0. The number of cyclic esters (lactones) is 1. The van der Waals surface area contributed by atoms with Crippen molar-refractivity contribution < 1.29 is 14.3 Å². The highest BCUT2D eigenvalue weighted by molar-refractivity contribution is 5.70. The molecule has 0 N–H and O–H groups in total. The highest BCUT2D eigenvalue weighted by Gasteiger charge is 2.36. The maximum atomic E-state index is 11.3. The third-order valence-electron chi connectivity index (χ3n) is 2.78. The first-order chi connectivity index (χ1) is 7.68. The van der Waals surface area contributed by atoms with Crippen molar-refractivity contribution in [1.82, 2.24) is 4.90 Å². The number of para-hydroxylation sites is 1. The molecule has 1 aromatic carbocycles. The van der Waals surface area contributed by atoms with Crippen LogP contribution in [0.4, 0.5) is 4.79 Å². The zero-order chi connectivity index (χ0) is 11.5. The summed E-state index contributed by atoms with van der Waals surface area (Å²) in [4.78, 5) is 12.8. The molecule has 0 spiro atoms. The van der Waals surface area contributed by atoms with Crippen molar-refractivity contribution in [2.45, 2.75) is 19.1 Å². The summed E-state index contributed by atoms with van der Waals surface area (Å²) in [6.07, 6.45) is -0.407. The Hall–Kier alpha value is -1.71. The van der Waals surface area contributed by atoms with Crippen LogP contribution in [0.3, 0.4) is 0 Å². The molecule has 1 amide bonds. The van der Waals surface area contributed by atoms with E-state index in [0.29, 0.717) is 6.61 Å². The second-order valence-corrected chi connectivity index (χ2v) is 3.89. The van der Waals surface area contributed by atoms with Gasteiger partial charge in [-0.1, -0.05) is 18.2 Å². The van der Waals surface area contributed by atoms with Crippen LogP contribution in [0, 0.1) is 0 Å². The molecule has 2 unspecified atom stereocenters. The molecule has 4 nitrogen and oxygen atoms in total. The van der Waals surface area contributed by atoms with Crippen molar-refractivity contribution in [2.75, 3.05) is 13.7 Å². The van der Waals surface area contributed by atoms with E-state index in [9.17, 15) is 4.79 Å². The number of benzene rings is 1. The Bertz CT molecular complexity index is 366. The van der Waals surface area contributed by atoms with Crippen LogP contribution in [-0.2, 0) is 4.74 Å². The van der Waals surface area contributed by atoms with Crippen LogP contribution < -0.4 is 4.74 Å². The molecule has 2 atom stereocenters. The molecule has 1 aromatic rings. The molecule has 86 valence electrons. The fourth-order valence-electron chi connectivity index (χ4n) is 1.72. The van der Waals surface area contributed by atoms with Gasteiger partial charge in [-0.3, -0.25) is 0 Å². The number of carbonyl (C=O) groups excluding carboxylic acids is 1. The fourth-order valence-corrected chi connectivity index (χ4v) is 1.72. The van der Waals surface area contributed by atoms with Crippen molar-refractivity contribution >= 4 is 6.09 Å². The maximum absolute atomic E-state index is 11.3. The summed E-state index contributed by atoms with van der Waals surface area (Å²) in [5.41, 5.74) is 0. The van der Waals surface area contributed by atoms with Crippen LogP contribution in [0.15, 0.2) is 30.3 Å². The van der Waals surface area contributed by atoms with Gasteiger partial charge in [-0.25, -0.2) is 4.79 Å². The molecule has 16 heavy (non-hydrogen) atoms. The average molecular weight is 221 g/mol. The number of likely N-dealkylation sites (N-methyl/N-ethyl adjacent to an activating group) is 1. The fraction of sp³-hybridized carbons (Fsp3) is 0.417. The number of hydrogen-bond donors (Lipinski definition) is 0. The predicted molar refractivity (Wildman–Crippen MR) is 59.4 cm³/mol. The Morgan fingerprint density at radius 2 is 2.06 bits per heavy atom. The first-order valence-electron chi connectivity index (χ1n) is 5.30. The molecule has 0 aromatic heterocycles. The summed E-state index contributed by atoms with van der Waals surface area (Å²) in [6.45, 7) is 2.33.